The number of hydrogen-bond acceptors (Lipinski definition) is 2. The van der Waals surface area contributed by atoms with Crippen molar-refractivity contribution in [1.29, 1.82) is 0 Å². The molecule has 1 aliphatic carbocycles. The van der Waals surface area contributed by atoms with Gasteiger partial charge >= 0.3 is 0 Å². The van der Waals surface area contributed by atoms with Crippen LogP contribution in [0.15, 0.2) is 12.5 Å². The molecule has 0 saturated heterocycles. The smallest absolute Gasteiger partial charge is 0.0948 e. The van der Waals surface area contributed by atoms with E-state index in [1.54, 1.807) is 0 Å². The van der Waals surface area contributed by atoms with Crippen molar-refractivity contribution in [3.8, 4) is 0 Å². The summed E-state index contributed by atoms with van der Waals surface area (Å²) in [5.41, 5.74) is 1.93. The summed E-state index contributed by atoms with van der Waals surface area (Å²) >= 11 is 0. The van der Waals surface area contributed by atoms with E-state index in [1.807, 2.05) is 12.5 Å². The molecule has 1 aromatic heterocycles. The summed E-state index contributed by atoms with van der Waals surface area (Å²) in [4.78, 5) is 4.31. The summed E-state index contributed by atoms with van der Waals surface area (Å²) in [5.74, 6) is 0.705. The van der Waals surface area contributed by atoms with Crippen LogP contribution in [-0.4, -0.2) is 16.1 Å². The molecule has 0 aromatic carbocycles. The number of rotatable bonds is 8. The van der Waals surface area contributed by atoms with E-state index in [-0.39, 0.29) is 0 Å². The van der Waals surface area contributed by atoms with Crippen molar-refractivity contribution in [3.05, 3.63) is 18.2 Å². The van der Waals surface area contributed by atoms with Gasteiger partial charge < -0.3 is 9.88 Å². The quantitative estimate of drug-likeness (QED) is 0.766. The molecule has 1 heterocycles. The predicted molar refractivity (Wildman–Crippen MR) is 75.3 cm³/mol. The Morgan fingerprint density at radius 3 is 2.83 bits per heavy atom. The molecule has 1 saturated carbocycles. The number of aromatic nitrogens is 2. The minimum absolute atomic E-state index is 0.599. The van der Waals surface area contributed by atoms with Gasteiger partial charge in [0.1, 0.15) is 0 Å². The number of nitrogens with zero attached hydrogens (tertiary/aromatic N) is 2. The molecular weight excluding hydrogens is 222 g/mol. The van der Waals surface area contributed by atoms with Gasteiger partial charge in [0, 0.05) is 19.3 Å². The molecule has 18 heavy (non-hydrogen) atoms. The van der Waals surface area contributed by atoms with Crippen LogP contribution in [0.5, 0.6) is 0 Å². The summed E-state index contributed by atoms with van der Waals surface area (Å²) in [7, 11) is 0. The molecule has 0 amide bonds. The Labute approximate surface area is 111 Å². The molecule has 3 heteroatoms. The lowest BCUT2D eigenvalue weighted by Gasteiger charge is -2.17. The summed E-state index contributed by atoms with van der Waals surface area (Å²) < 4.78 is 2.36. The summed E-state index contributed by atoms with van der Waals surface area (Å²) in [6.07, 6.45) is 9.48. The molecule has 0 atom stereocenters. The van der Waals surface area contributed by atoms with Crippen LogP contribution in [0.3, 0.4) is 0 Å². The van der Waals surface area contributed by atoms with Crippen molar-refractivity contribution in [2.24, 2.45) is 11.3 Å². The van der Waals surface area contributed by atoms with Crippen LogP contribution >= 0.6 is 0 Å². The van der Waals surface area contributed by atoms with E-state index in [2.05, 4.69) is 35.6 Å². The third-order valence-electron chi connectivity index (χ3n) is 3.90. The van der Waals surface area contributed by atoms with E-state index in [0.29, 0.717) is 11.3 Å². The predicted octanol–water partition coefficient (Wildman–Crippen LogP) is 3.21. The van der Waals surface area contributed by atoms with Gasteiger partial charge in [-0.25, -0.2) is 4.98 Å². The zero-order chi connectivity index (χ0) is 13.0. The molecule has 1 fully saturated rings. The topological polar surface area (TPSA) is 29.9 Å². The zero-order valence-electron chi connectivity index (χ0n) is 12.1. The van der Waals surface area contributed by atoms with Gasteiger partial charge in [-0.05, 0) is 37.1 Å². The number of hydrogen-bond donors (Lipinski definition) is 1. The molecule has 1 aromatic rings. The van der Waals surface area contributed by atoms with E-state index in [0.717, 1.165) is 13.1 Å². The maximum Gasteiger partial charge on any atom is 0.0948 e. The second-order valence-electron chi connectivity index (χ2n) is 6.29. The molecule has 0 unspecified atom stereocenters. The standard InChI is InChI=1S/C15H27N3/c1-4-5-15(6-7-15)11-18-12-17-10-14(18)9-16-8-13(2)3/h10,12-13,16H,4-9,11H2,1-3H3. The lowest BCUT2D eigenvalue weighted by Crippen LogP contribution is -2.22. The van der Waals surface area contributed by atoms with Gasteiger partial charge in [0.05, 0.1) is 12.0 Å². The Hall–Kier alpha value is -0.830. The molecule has 0 bridgehead atoms. The van der Waals surface area contributed by atoms with Gasteiger partial charge in [0.2, 0.25) is 0 Å². The Morgan fingerprint density at radius 2 is 2.22 bits per heavy atom. The molecule has 0 spiro atoms. The molecule has 1 N–H and O–H groups in total. The Kier molecular flexibility index (Phi) is 4.44. The van der Waals surface area contributed by atoms with Gasteiger partial charge in [0.15, 0.2) is 0 Å². The van der Waals surface area contributed by atoms with Gasteiger partial charge in [-0.3, -0.25) is 0 Å². The van der Waals surface area contributed by atoms with Crippen LogP contribution in [0.25, 0.3) is 0 Å². The van der Waals surface area contributed by atoms with Gasteiger partial charge in [-0.1, -0.05) is 27.2 Å². The van der Waals surface area contributed by atoms with E-state index >= 15 is 0 Å². The summed E-state index contributed by atoms with van der Waals surface area (Å²) in [6, 6.07) is 0. The van der Waals surface area contributed by atoms with Gasteiger partial charge in [-0.15, -0.1) is 0 Å². The average Bonchev–Trinajstić information content (AvgIpc) is 2.92. The van der Waals surface area contributed by atoms with E-state index in [9.17, 15) is 0 Å². The van der Waals surface area contributed by atoms with Crippen molar-refractivity contribution >= 4 is 0 Å². The van der Waals surface area contributed by atoms with Crippen LogP contribution in [0.4, 0.5) is 0 Å². The monoisotopic (exact) mass is 249 g/mol. The summed E-state index contributed by atoms with van der Waals surface area (Å²) in [5, 5.41) is 3.50. The number of imidazole rings is 1. The molecule has 3 nitrogen and oxygen atoms in total. The SMILES string of the molecule is CCCC1(Cn2cncc2CNCC(C)C)CC1. The van der Waals surface area contributed by atoms with Crippen LogP contribution in [-0.2, 0) is 13.1 Å². The molecule has 102 valence electrons. The first-order chi connectivity index (χ1) is 8.65. The lowest BCUT2D eigenvalue weighted by molar-refractivity contribution is 0.379. The first-order valence-corrected chi connectivity index (χ1v) is 7.35. The van der Waals surface area contributed by atoms with Gasteiger partial charge in [0.25, 0.3) is 0 Å². The molecule has 2 rings (SSSR count). The maximum atomic E-state index is 4.31. The Morgan fingerprint density at radius 1 is 1.44 bits per heavy atom. The van der Waals surface area contributed by atoms with Crippen molar-refractivity contribution in [3.63, 3.8) is 0 Å². The van der Waals surface area contributed by atoms with Crippen LogP contribution < -0.4 is 5.32 Å². The van der Waals surface area contributed by atoms with Crippen molar-refractivity contribution in [2.75, 3.05) is 6.54 Å². The van der Waals surface area contributed by atoms with Crippen LogP contribution in [0.1, 0.15) is 52.1 Å². The second kappa shape index (κ2) is 5.87. The zero-order valence-corrected chi connectivity index (χ0v) is 12.1. The average molecular weight is 249 g/mol. The van der Waals surface area contributed by atoms with E-state index < -0.39 is 0 Å². The third kappa shape index (κ3) is 3.58. The highest BCUT2D eigenvalue weighted by atomic mass is 15.1. The van der Waals surface area contributed by atoms with Crippen molar-refractivity contribution in [1.82, 2.24) is 14.9 Å². The van der Waals surface area contributed by atoms with Crippen molar-refractivity contribution in [2.45, 2.75) is 59.5 Å². The highest BCUT2D eigenvalue weighted by Crippen LogP contribution is 2.51. The fraction of sp³-hybridized carbons (Fsp3) is 0.800. The molecule has 1 aliphatic rings. The first-order valence-electron chi connectivity index (χ1n) is 7.35. The molecular formula is C15H27N3. The largest absolute Gasteiger partial charge is 0.333 e. The van der Waals surface area contributed by atoms with E-state index in [4.69, 9.17) is 0 Å². The fourth-order valence-electron chi connectivity index (χ4n) is 2.68. The molecule has 0 aliphatic heterocycles. The highest BCUT2D eigenvalue weighted by Gasteiger charge is 2.41. The van der Waals surface area contributed by atoms with Crippen LogP contribution in [0.2, 0.25) is 0 Å². The Balaban J connectivity index is 1.87. The highest BCUT2D eigenvalue weighted by molar-refractivity contribution is 5.02. The second-order valence-corrected chi connectivity index (χ2v) is 6.29. The third-order valence-corrected chi connectivity index (χ3v) is 3.90. The molecule has 0 radical (unpaired) electrons. The van der Waals surface area contributed by atoms with Crippen molar-refractivity contribution < 1.29 is 0 Å². The Bertz CT molecular complexity index is 364. The lowest BCUT2D eigenvalue weighted by atomic mass is 10.0. The normalized spacial score (nSPS) is 17.3. The first kappa shape index (κ1) is 13.6. The number of nitrogens with one attached hydrogen (secondary N) is 1. The van der Waals surface area contributed by atoms with E-state index in [1.165, 1.54) is 37.9 Å². The van der Waals surface area contributed by atoms with Crippen LogP contribution in [0, 0.1) is 11.3 Å². The van der Waals surface area contributed by atoms with Gasteiger partial charge in [-0.2, -0.15) is 0 Å². The minimum atomic E-state index is 0.599. The maximum absolute atomic E-state index is 4.31. The minimum Gasteiger partial charge on any atom is -0.333 e. The fourth-order valence-corrected chi connectivity index (χ4v) is 2.68. The summed E-state index contributed by atoms with van der Waals surface area (Å²) in [6.45, 7) is 9.96.